The number of nitrogens with zero attached hydrogens (tertiary/aromatic N) is 1. The highest BCUT2D eigenvalue weighted by Gasteiger charge is 2.06. The molecule has 0 saturated carbocycles. The summed E-state index contributed by atoms with van der Waals surface area (Å²) in [6, 6.07) is 7.40. The van der Waals surface area contributed by atoms with Crippen molar-refractivity contribution >= 4 is 5.91 Å². The molecule has 1 rings (SSSR count). The van der Waals surface area contributed by atoms with Gasteiger partial charge in [0.1, 0.15) is 0 Å². The first-order valence-electron chi connectivity index (χ1n) is 6.46. The second-order valence-electron chi connectivity index (χ2n) is 4.35. The van der Waals surface area contributed by atoms with Crippen molar-refractivity contribution in [3.8, 4) is 0 Å². The van der Waals surface area contributed by atoms with Gasteiger partial charge in [-0.15, -0.1) is 0 Å². The average Bonchev–Trinajstić information content (AvgIpc) is 2.45. The minimum Gasteiger partial charge on any atom is -0.396 e. The Labute approximate surface area is 113 Å². The molecule has 5 nitrogen and oxygen atoms in total. The van der Waals surface area contributed by atoms with E-state index >= 15 is 0 Å². The van der Waals surface area contributed by atoms with Crippen LogP contribution in [0.15, 0.2) is 24.3 Å². The van der Waals surface area contributed by atoms with E-state index in [-0.39, 0.29) is 19.1 Å². The maximum absolute atomic E-state index is 11.4. The summed E-state index contributed by atoms with van der Waals surface area (Å²) in [5.41, 5.74) is 1.72. The van der Waals surface area contributed by atoms with Gasteiger partial charge >= 0.3 is 0 Å². The fourth-order valence-corrected chi connectivity index (χ4v) is 1.87. The van der Waals surface area contributed by atoms with Gasteiger partial charge in [0.15, 0.2) is 0 Å². The van der Waals surface area contributed by atoms with Crippen molar-refractivity contribution in [1.82, 2.24) is 10.2 Å². The molecule has 3 N–H and O–H groups in total. The van der Waals surface area contributed by atoms with Crippen LogP contribution < -0.4 is 5.32 Å². The van der Waals surface area contributed by atoms with E-state index in [1.165, 1.54) is 0 Å². The van der Waals surface area contributed by atoms with Gasteiger partial charge in [-0.3, -0.25) is 9.69 Å². The summed E-state index contributed by atoms with van der Waals surface area (Å²) in [6.45, 7) is 2.28. The Morgan fingerprint density at radius 3 is 2.37 bits per heavy atom. The lowest BCUT2D eigenvalue weighted by atomic mass is 10.1. The molecule has 0 bridgehead atoms. The van der Waals surface area contributed by atoms with Crippen LogP contribution >= 0.6 is 0 Å². The SMILES string of the molecule is CNC(=O)c1ccc(CN(CCO)CCCO)cc1. The topological polar surface area (TPSA) is 72.8 Å². The first-order chi connectivity index (χ1) is 9.21. The highest BCUT2D eigenvalue weighted by atomic mass is 16.3. The average molecular weight is 266 g/mol. The zero-order valence-electron chi connectivity index (χ0n) is 11.3. The number of hydrogen-bond donors (Lipinski definition) is 3. The maximum Gasteiger partial charge on any atom is 0.251 e. The standard InChI is InChI=1S/C14H22N2O3/c1-15-14(19)13-5-3-12(4-6-13)11-16(8-10-18)7-2-9-17/h3-6,17-18H,2,7-11H2,1H3,(H,15,19). The summed E-state index contributed by atoms with van der Waals surface area (Å²) in [6.07, 6.45) is 0.691. The largest absolute Gasteiger partial charge is 0.396 e. The van der Waals surface area contributed by atoms with E-state index in [2.05, 4.69) is 10.2 Å². The molecule has 0 atom stereocenters. The van der Waals surface area contributed by atoms with Crippen LogP contribution in [0.4, 0.5) is 0 Å². The summed E-state index contributed by atoms with van der Waals surface area (Å²) in [4.78, 5) is 13.5. The van der Waals surface area contributed by atoms with E-state index in [0.717, 1.165) is 12.1 Å². The zero-order valence-corrected chi connectivity index (χ0v) is 11.3. The van der Waals surface area contributed by atoms with Crippen LogP contribution in [-0.4, -0.2) is 54.4 Å². The van der Waals surface area contributed by atoms with Crippen molar-refractivity contribution < 1.29 is 15.0 Å². The van der Waals surface area contributed by atoms with E-state index in [9.17, 15) is 4.79 Å². The van der Waals surface area contributed by atoms with Gasteiger partial charge in [-0.1, -0.05) is 12.1 Å². The fourth-order valence-electron chi connectivity index (χ4n) is 1.87. The maximum atomic E-state index is 11.4. The molecule has 0 saturated heterocycles. The van der Waals surface area contributed by atoms with Crippen LogP contribution in [-0.2, 0) is 6.54 Å². The third-order valence-corrected chi connectivity index (χ3v) is 2.90. The van der Waals surface area contributed by atoms with Crippen molar-refractivity contribution in [3.05, 3.63) is 35.4 Å². The van der Waals surface area contributed by atoms with Crippen molar-refractivity contribution in [1.29, 1.82) is 0 Å². The Morgan fingerprint density at radius 2 is 1.84 bits per heavy atom. The van der Waals surface area contributed by atoms with Gasteiger partial charge in [-0.05, 0) is 24.1 Å². The molecule has 0 unspecified atom stereocenters. The molecule has 5 heteroatoms. The normalized spacial score (nSPS) is 10.7. The third-order valence-electron chi connectivity index (χ3n) is 2.90. The number of nitrogens with one attached hydrogen (secondary N) is 1. The smallest absolute Gasteiger partial charge is 0.251 e. The van der Waals surface area contributed by atoms with Crippen molar-refractivity contribution in [2.45, 2.75) is 13.0 Å². The minimum absolute atomic E-state index is 0.0981. The summed E-state index contributed by atoms with van der Waals surface area (Å²) in [7, 11) is 1.61. The summed E-state index contributed by atoms with van der Waals surface area (Å²) >= 11 is 0. The van der Waals surface area contributed by atoms with E-state index < -0.39 is 0 Å². The van der Waals surface area contributed by atoms with Gasteiger partial charge in [-0.25, -0.2) is 0 Å². The van der Waals surface area contributed by atoms with Crippen LogP contribution in [0.2, 0.25) is 0 Å². The van der Waals surface area contributed by atoms with Gasteiger partial charge < -0.3 is 15.5 Å². The molecule has 1 amide bonds. The predicted octanol–water partition coefficient (Wildman–Crippen LogP) is 0.223. The number of rotatable bonds is 8. The van der Waals surface area contributed by atoms with Crippen LogP contribution in [0.3, 0.4) is 0 Å². The lowest BCUT2D eigenvalue weighted by molar-refractivity contribution is 0.0963. The van der Waals surface area contributed by atoms with Crippen LogP contribution in [0.1, 0.15) is 22.3 Å². The molecule has 1 aromatic rings. The zero-order chi connectivity index (χ0) is 14.1. The summed E-state index contributed by atoms with van der Waals surface area (Å²) in [5.74, 6) is -0.0981. The lowest BCUT2D eigenvalue weighted by Gasteiger charge is -2.21. The molecule has 0 radical (unpaired) electrons. The van der Waals surface area contributed by atoms with Crippen LogP contribution in [0.5, 0.6) is 0 Å². The van der Waals surface area contributed by atoms with E-state index in [1.54, 1.807) is 19.2 Å². The molecule has 0 aliphatic rings. The second-order valence-corrected chi connectivity index (χ2v) is 4.35. The van der Waals surface area contributed by atoms with Gasteiger partial charge in [-0.2, -0.15) is 0 Å². The molecule has 0 fully saturated rings. The van der Waals surface area contributed by atoms with Crippen LogP contribution in [0, 0.1) is 0 Å². The first-order valence-corrected chi connectivity index (χ1v) is 6.46. The first kappa shape index (κ1) is 15.6. The molecule has 1 aromatic carbocycles. The quantitative estimate of drug-likeness (QED) is 0.629. The Hall–Kier alpha value is -1.43. The molecule has 0 aliphatic heterocycles. The minimum atomic E-state index is -0.0981. The van der Waals surface area contributed by atoms with E-state index in [4.69, 9.17) is 10.2 Å². The Bertz CT molecular complexity index is 379. The molecular weight excluding hydrogens is 244 g/mol. The number of aliphatic hydroxyl groups is 2. The Kier molecular flexibility index (Phi) is 7.10. The predicted molar refractivity (Wildman–Crippen MR) is 73.9 cm³/mol. The number of hydrogen-bond acceptors (Lipinski definition) is 4. The molecule has 106 valence electrons. The van der Waals surface area contributed by atoms with Gasteiger partial charge in [0.25, 0.3) is 5.91 Å². The molecule has 19 heavy (non-hydrogen) atoms. The van der Waals surface area contributed by atoms with Crippen molar-refractivity contribution in [3.63, 3.8) is 0 Å². The lowest BCUT2D eigenvalue weighted by Crippen LogP contribution is -2.28. The highest BCUT2D eigenvalue weighted by molar-refractivity contribution is 5.93. The van der Waals surface area contributed by atoms with Gasteiger partial charge in [0, 0.05) is 38.9 Å². The molecule has 0 aromatic heterocycles. The van der Waals surface area contributed by atoms with Gasteiger partial charge in [0.05, 0.1) is 6.61 Å². The van der Waals surface area contributed by atoms with E-state index in [0.29, 0.717) is 25.1 Å². The molecular formula is C14H22N2O3. The number of carbonyl (C=O) groups excluding carboxylic acids is 1. The number of carbonyl (C=O) groups is 1. The van der Waals surface area contributed by atoms with Gasteiger partial charge in [0.2, 0.25) is 0 Å². The highest BCUT2D eigenvalue weighted by Crippen LogP contribution is 2.08. The second kappa shape index (κ2) is 8.63. The third kappa shape index (κ3) is 5.38. The Morgan fingerprint density at radius 1 is 1.16 bits per heavy atom. The molecule has 0 heterocycles. The number of benzene rings is 1. The van der Waals surface area contributed by atoms with Crippen molar-refractivity contribution in [2.75, 3.05) is 33.4 Å². The molecule has 0 spiro atoms. The van der Waals surface area contributed by atoms with E-state index in [1.807, 2.05) is 12.1 Å². The Balaban J connectivity index is 2.60. The summed E-state index contributed by atoms with van der Waals surface area (Å²) < 4.78 is 0. The summed E-state index contributed by atoms with van der Waals surface area (Å²) in [5, 5.41) is 20.4. The number of amides is 1. The van der Waals surface area contributed by atoms with Crippen molar-refractivity contribution in [2.24, 2.45) is 0 Å². The number of aliphatic hydroxyl groups excluding tert-OH is 2. The monoisotopic (exact) mass is 266 g/mol. The molecule has 0 aliphatic carbocycles. The fraction of sp³-hybridized carbons (Fsp3) is 0.500. The van der Waals surface area contributed by atoms with Crippen LogP contribution in [0.25, 0.3) is 0 Å².